The van der Waals surface area contributed by atoms with Gasteiger partial charge in [0.1, 0.15) is 17.2 Å². The van der Waals surface area contributed by atoms with E-state index in [0.717, 1.165) is 56.0 Å². The van der Waals surface area contributed by atoms with Gasteiger partial charge in [-0.25, -0.2) is 4.98 Å². The minimum atomic E-state index is 0.0309. The van der Waals surface area contributed by atoms with Crippen molar-refractivity contribution < 1.29 is 4.74 Å². The second kappa shape index (κ2) is 6.29. The molecule has 1 spiro atoms. The number of hydrogen-bond acceptors (Lipinski definition) is 3. The lowest BCUT2D eigenvalue weighted by Gasteiger charge is -2.36. The summed E-state index contributed by atoms with van der Waals surface area (Å²) < 4.78 is 8.72. The molecular formula is C23H27N3O. The molecule has 0 N–H and O–H groups in total. The highest BCUT2D eigenvalue weighted by molar-refractivity contribution is 5.76. The van der Waals surface area contributed by atoms with Crippen LogP contribution in [0.2, 0.25) is 0 Å². The third kappa shape index (κ3) is 3.07. The zero-order valence-electron chi connectivity index (χ0n) is 16.2. The highest BCUT2D eigenvalue weighted by Crippen LogP contribution is 2.48. The number of ether oxygens (including phenoxy) is 1. The van der Waals surface area contributed by atoms with Crippen LogP contribution in [-0.2, 0) is 13.1 Å². The van der Waals surface area contributed by atoms with Gasteiger partial charge in [-0.3, -0.25) is 0 Å². The molecule has 1 aliphatic carbocycles. The van der Waals surface area contributed by atoms with Crippen LogP contribution in [0.3, 0.4) is 0 Å². The number of anilines is 1. The first-order chi connectivity index (χ1) is 13.1. The first-order valence-corrected chi connectivity index (χ1v) is 10.1. The average Bonchev–Trinajstić information content (AvgIpc) is 3.30. The third-order valence-corrected chi connectivity index (χ3v) is 5.82. The number of rotatable bonds is 5. The molecular weight excluding hydrogens is 334 g/mol. The number of imidazole rings is 1. The van der Waals surface area contributed by atoms with E-state index in [9.17, 15) is 0 Å². The lowest BCUT2D eigenvalue weighted by molar-refractivity contribution is 0.170. The fourth-order valence-corrected chi connectivity index (χ4v) is 4.10. The van der Waals surface area contributed by atoms with E-state index in [1.165, 1.54) is 11.2 Å². The molecule has 1 fully saturated rings. The number of para-hydroxylation sites is 4. The third-order valence-electron chi connectivity index (χ3n) is 5.82. The van der Waals surface area contributed by atoms with Crippen LogP contribution in [0.1, 0.15) is 38.9 Å². The molecule has 1 aliphatic heterocycles. The maximum atomic E-state index is 6.30. The molecule has 1 aromatic heterocycles. The summed E-state index contributed by atoms with van der Waals surface area (Å²) >= 11 is 0. The van der Waals surface area contributed by atoms with Crippen molar-refractivity contribution in [3.8, 4) is 5.75 Å². The highest BCUT2D eigenvalue weighted by Gasteiger charge is 2.50. The summed E-state index contributed by atoms with van der Waals surface area (Å²) in [6.07, 6.45) is 3.47. The van der Waals surface area contributed by atoms with Crippen LogP contribution in [0, 0.1) is 5.92 Å². The van der Waals surface area contributed by atoms with Crippen molar-refractivity contribution in [1.29, 1.82) is 0 Å². The summed E-state index contributed by atoms with van der Waals surface area (Å²) in [6, 6.07) is 17.0. The molecule has 27 heavy (non-hydrogen) atoms. The average molecular weight is 361 g/mol. The summed E-state index contributed by atoms with van der Waals surface area (Å²) in [5.74, 6) is 2.85. The Morgan fingerprint density at radius 2 is 1.85 bits per heavy atom. The Bertz CT molecular complexity index is 971. The Kier molecular flexibility index (Phi) is 3.88. The molecule has 0 unspecified atom stereocenters. The van der Waals surface area contributed by atoms with Crippen LogP contribution in [-0.4, -0.2) is 21.7 Å². The van der Waals surface area contributed by atoms with Crippen molar-refractivity contribution in [2.24, 2.45) is 5.92 Å². The van der Waals surface area contributed by atoms with Crippen molar-refractivity contribution in [2.45, 2.75) is 51.8 Å². The molecule has 0 radical (unpaired) electrons. The van der Waals surface area contributed by atoms with Gasteiger partial charge in [0.05, 0.1) is 29.8 Å². The van der Waals surface area contributed by atoms with Gasteiger partial charge in [0.25, 0.3) is 0 Å². The smallest absolute Gasteiger partial charge is 0.143 e. The lowest BCUT2D eigenvalue weighted by atomic mass is 10.1. The topological polar surface area (TPSA) is 30.3 Å². The van der Waals surface area contributed by atoms with Gasteiger partial charge < -0.3 is 14.2 Å². The van der Waals surface area contributed by atoms with E-state index in [2.05, 4.69) is 71.8 Å². The molecule has 4 heteroatoms. The van der Waals surface area contributed by atoms with Crippen LogP contribution < -0.4 is 9.64 Å². The molecule has 2 heterocycles. The fraction of sp³-hybridized carbons (Fsp3) is 0.435. The van der Waals surface area contributed by atoms with E-state index >= 15 is 0 Å². The Labute approximate surface area is 160 Å². The van der Waals surface area contributed by atoms with Gasteiger partial charge in [-0.2, -0.15) is 0 Å². The van der Waals surface area contributed by atoms with E-state index in [4.69, 9.17) is 9.72 Å². The zero-order chi connectivity index (χ0) is 18.4. The minimum Gasteiger partial charge on any atom is -0.483 e. The van der Waals surface area contributed by atoms with E-state index < -0.39 is 0 Å². The number of fused-ring (bicyclic) bond motifs is 2. The Balaban J connectivity index is 1.52. The summed E-state index contributed by atoms with van der Waals surface area (Å²) in [5.41, 5.74) is 3.57. The van der Waals surface area contributed by atoms with Gasteiger partial charge >= 0.3 is 0 Å². The van der Waals surface area contributed by atoms with E-state index in [1.54, 1.807) is 0 Å². The van der Waals surface area contributed by atoms with Crippen molar-refractivity contribution in [2.75, 3.05) is 11.4 Å². The summed E-state index contributed by atoms with van der Waals surface area (Å²) in [7, 11) is 0. The first-order valence-electron chi connectivity index (χ1n) is 10.1. The molecule has 1 saturated carbocycles. The van der Waals surface area contributed by atoms with Crippen molar-refractivity contribution in [1.82, 2.24) is 9.55 Å². The van der Waals surface area contributed by atoms with Crippen LogP contribution in [0.15, 0.2) is 48.5 Å². The van der Waals surface area contributed by atoms with Gasteiger partial charge in [0.2, 0.25) is 0 Å². The maximum Gasteiger partial charge on any atom is 0.143 e. The molecule has 2 aliphatic rings. The van der Waals surface area contributed by atoms with Crippen molar-refractivity contribution in [3.63, 3.8) is 0 Å². The van der Waals surface area contributed by atoms with Gasteiger partial charge in [-0.15, -0.1) is 0 Å². The van der Waals surface area contributed by atoms with Crippen molar-refractivity contribution in [3.05, 3.63) is 54.4 Å². The van der Waals surface area contributed by atoms with Crippen molar-refractivity contribution >= 4 is 16.7 Å². The summed E-state index contributed by atoms with van der Waals surface area (Å²) in [4.78, 5) is 7.48. The lowest BCUT2D eigenvalue weighted by Crippen LogP contribution is -2.41. The largest absolute Gasteiger partial charge is 0.483 e. The molecule has 0 saturated heterocycles. The summed E-state index contributed by atoms with van der Waals surface area (Å²) in [5, 5.41) is 0. The Morgan fingerprint density at radius 1 is 1.07 bits per heavy atom. The standard InChI is InChI=1S/C23H27N3O/c1-17(2)11-14-26-19-8-4-3-7-18(19)24-22(26)15-25-16-23(12-13-23)27-21-10-6-5-9-20(21)25/h3-10,17H,11-16H2,1-2H3. The Morgan fingerprint density at radius 3 is 2.67 bits per heavy atom. The molecule has 0 atom stereocenters. The maximum absolute atomic E-state index is 6.30. The van der Waals surface area contributed by atoms with Gasteiger partial charge in [0, 0.05) is 6.54 Å². The first kappa shape index (κ1) is 16.7. The molecule has 0 bridgehead atoms. The molecule has 4 nitrogen and oxygen atoms in total. The van der Waals surface area contributed by atoms with Crippen LogP contribution >= 0.6 is 0 Å². The summed E-state index contributed by atoms with van der Waals surface area (Å²) in [6.45, 7) is 7.37. The molecule has 140 valence electrons. The van der Waals surface area contributed by atoms with Crippen LogP contribution in [0.4, 0.5) is 5.69 Å². The highest BCUT2D eigenvalue weighted by atomic mass is 16.5. The molecule has 2 aromatic carbocycles. The predicted molar refractivity (Wildman–Crippen MR) is 109 cm³/mol. The minimum absolute atomic E-state index is 0.0309. The SMILES string of the molecule is CC(C)CCn1c(CN2CC3(CC3)Oc3ccccc32)nc2ccccc21. The van der Waals surface area contributed by atoms with E-state index in [-0.39, 0.29) is 5.60 Å². The molecule has 0 amide bonds. The quantitative estimate of drug-likeness (QED) is 0.640. The van der Waals surface area contributed by atoms with Gasteiger partial charge in [-0.1, -0.05) is 38.1 Å². The van der Waals surface area contributed by atoms with Crippen LogP contribution in [0.25, 0.3) is 11.0 Å². The number of aryl methyl sites for hydroxylation is 1. The Hall–Kier alpha value is -2.49. The predicted octanol–water partition coefficient (Wildman–Crippen LogP) is 5.01. The second-order valence-corrected chi connectivity index (χ2v) is 8.46. The van der Waals surface area contributed by atoms with Gasteiger partial charge in [-0.05, 0) is 49.4 Å². The van der Waals surface area contributed by atoms with Gasteiger partial charge in [0.15, 0.2) is 0 Å². The number of aromatic nitrogens is 2. The monoisotopic (exact) mass is 361 g/mol. The van der Waals surface area contributed by atoms with E-state index in [1.807, 2.05) is 0 Å². The number of nitrogens with zero attached hydrogens (tertiary/aromatic N) is 3. The number of benzene rings is 2. The normalized spacial score (nSPS) is 17.4. The molecule has 5 rings (SSSR count). The number of hydrogen-bond donors (Lipinski definition) is 0. The van der Waals surface area contributed by atoms with E-state index in [0.29, 0.717) is 5.92 Å². The molecule has 3 aromatic rings. The van der Waals surface area contributed by atoms with Crippen LogP contribution in [0.5, 0.6) is 5.75 Å². The zero-order valence-corrected chi connectivity index (χ0v) is 16.2. The fourth-order valence-electron chi connectivity index (χ4n) is 4.10. The second-order valence-electron chi connectivity index (χ2n) is 8.46.